The maximum Gasteiger partial charge on any atom is 0.120 e. The maximum atomic E-state index is 5.85. The molecule has 1 unspecified atom stereocenters. The summed E-state index contributed by atoms with van der Waals surface area (Å²) in [5.41, 5.74) is 8.32. The molecule has 1 aliphatic rings. The van der Waals surface area contributed by atoms with Crippen molar-refractivity contribution in [3.05, 3.63) is 23.8 Å². The number of anilines is 1. The van der Waals surface area contributed by atoms with E-state index < -0.39 is 0 Å². The molecular formula is C15H24N2O. The largest absolute Gasteiger partial charge is 0.497 e. The molecule has 2 rings (SSSR count). The zero-order chi connectivity index (χ0) is 13.0. The molecule has 0 radical (unpaired) electrons. The van der Waals surface area contributed by atoms with Crippen LogP contribution in [0.3, 0.4) is 0 Å². The van der Waals surface area contributed by atoms with Crippen LogP contribution in [0.4, 0.5) is 5.69 Å². The van der Waals surface area contributed by atoms with Gasteiger partial charge in [0.25, 0.3) is 0 Å². The Bertz CT molecular complexity index is 392. The normalized spacial score (nSPS) is 19.9. The molecule has 0 aromatic heterocycles. The summed E-state index contributed by atoms with van der Waals surface area (Å²) in [5.74, 6) is 1.73. The minimum Gasteiger partial charge on any atom is -0.497 e. The van der Waals surface area contributed by atoms with Gasteiger partial charge in [-0.05, 0) is 30.4 Å². The van der Waals surface area contributed by atoms with Crippen molar-refractivity contribution in [1.82, 2.24) is 0 Å². The number of nitrogens with zero attached hydrogens (tertiary/aromatic N) is 1. The summed E-state index contributed by atoms with van der Waals surface area (Å²) in [6.07, 6.45) is 3.90. The average Bonchev–Trinajstić information content (AvgIpc) is 2.46. The molecule has 18 heavy (non-hydrogen) atoms. The molecule has 1 fully saturated rings. The van der Waals surface area contributed by atoms with Crippen LogP contribution in [0, 0.1) is 5.92 Å². The van der Waals surface area contributed by atoms with Crippen LogP contribution in [0.1, 0.15) is 31.7 Å². The van der Waals surface area contributed by atoms with Crippen molar-refractivity contribution in [2.24, 2.45) is 11.7 Å². The Labute approximate surface area is 110 Å². The lowest BCUT2D eigenvalue weighted by molar-refractivity contribution is 0.401. The van der Waals surface area contributed by atoms with Crippen LogP contribution < -0.4 is 15.4 Å². The SMILES string of the molecule is CCC1CCCN(c2cc(OC)ccc2CN)C1. The molecule has 1 atom stereocenters. The molecule has 100 valence electrons. The van der Waals surface area contributed by atoms with Crippen molar-refractivity contribution >= 4 is 5.69 Å². The van der Waals surface area contributed by atoms with Gasteiger partial charge in [-0.15, -0.1) is 0 Å². The highest BCUT2D eigenvalue weighted by Gasteiger charge is 2.20. The molecule has 1 heterocycles. The Kier molecular flexibility index (Phi) is 4.48. The minimum atomic E-state index is 0.590. The fourth-order valence-electron chi connectivity index (χ4n) is 2.75. The number of piperidine rings is 1. The fourth-order valence-corrected chi connectivity index (χ4v) is 2.75. The van der Waals surface area contributed by atoms with Gasteiger partial charge in [0.2, 0.25) is 0 Å². The first-order valence-corrected chi connectivity index (χ1v) is 6.90. The first-order valence-electron chi connectivity index (χ1n) is 6.90. The van der Waals surface area contributed by atoms with E-state index in [0.29, 0.717) is 6.54 Å². The van der Waals surface area contributed by atoms with E-state index in [9.17, 15) is 0 Å². The molecule has 1 aliphatic heterocycles. The van der Waals surface area contributed by atoms with Gasteiger partial charge in [0.1, 0.15) is 5.75 Å². The summed E-state index contributed by atoms with van der Waals surface area (Å²) in [7, 11) is 1.71. The third kappa shape index (κ3) is 2.78. The molecule has 0 amide bonds. The number of hydrogen-bond acceptors (Lipinski definition) is 3. The zero-order valence-corrected chi connectivity index (χ0v) is 11.5. The molecule has 0 spiro atoms. The molecule has 0 aliphatic carbocycles. The van der Waals surface area contributed by atoms with E-state index in [1.165, 1.54) is 30.5 Å². The van der Waals surface area contributed by atoms with Crippen LogP contribution in [0.25, 0.3) is 0 Å². The summed E-state index contributed by atoms with van der Waals surface area (Å²) < 4.78 is 5.33. The second-order valence-corrected chi connectivity index (χ2v) is 5.06. The number of rotatable bonds is 4. The lowest BCUT2D eigenvalue weighted by atomic mass is 9.94. The minimum absolute atomic E-state index is 0.590. The molecule has 1 aromatic carbocycles. The summed E-state index contributed by atoms with van der Waals surface area (Å²) in [4.78, 5) is 2.47. The molecule has 1 aromatic rings. The first kappa shape index (κ1) is 13.2. The van der Waals surface area contributed by atoms with Gasteiger partial charge in [-0.2, -0.15) is 0 Å². The second-order valence-electron chi connectivity index (χ2n) is 5.06. The monoisotopic (exact) mass is 248 g/mol. The van der Waals surface area contributed by atoms with E-state index in [1.807, 2.05) is 6.07 Å². The van der Waals surface area contributed by atoms with Crippen LogP contribution in [-0.4, -0.2) is 20.2 Å². The van der Waals surface area contributed by atoms with Crippen molar-refractivity contribution in [1.29, 1.82) is 0 Å². The van der Waals surface area contributed by atoms with Gasteiger partial charge in [0.15, 0.2) is 0 Å². The third-order valence-electron chi connectivity index (χ3n) is 3.95. The molecule has 3 heteroatoms. The van der Waals surface area contributed by atoms with Gasteiger partial charge in [-0.1, -0.05) is 19.4 Å². The van der Waals surface area contributed by atoms with Gasteiger partial charge in [-0.3, -0.25) is 0 Å². The maximum absolute atomic E-state index is 5.85. The summed E-state index contributed by atoms with van der Waals surface area (Å²) >= 11 is 0. The van der Waals surface area contributed by atoms with Crippen LogP contribution in [0.5, 0.6) is 5.75 Å². The molecular weight excluding hydrogens is 224 g/mol. The van der Waals surface area contributed by atoms with E-state index in [2.05, 4.69) is 24.0 Å². The first-order chi connectivity index (χ1) is 8.78. The molecule has 0 saturated carbocycles. The molecule has 2 N–H and O–H groups in total. The van der Waals surface area contributed by atoms with E-state index >= 15 is 0 Å². The predicted molar refractivity (Wildman–Crippen MR) is 76.1 cm³/mol. The van der Waals surface area contributed by atoms with Gasteiger partial charge in [0.05, 0.1) is 7.11 Å². The van der Waals surface area contributed by atoms with Crippen LogP contribution in [0.2, 0.25) is 0 Å². The van der Waals surface area contributed by atoms with E-state index in [-0.39, 0.29) is 0 Å². The molecule has 0 bridgehead atoms. The van der Waals surface area contributed by atoms with Crippen molar-refractivity contribution < 1.29 is 4.74 Å². The van der Waals surface area contributed by atoms with Crippen LogP contribution in [0.15, 0.2) is 18.2 Å². The number of methoxy groups -OCH3 is 1. The number of nitrogens with two attached hydrogens (primary N) is 1. The zero-order valence-electron chi connectivity index (χ0n) is 11.5. The van der Waals surface area contributed by atoms with Crippen molar-refractivity contribution in [2.45, 2.75) is 32.7 Å². The number of hydrogen-bond donors (Lipinski definition) is 1. The lowest BCUT2D eigenvalue weighted by Gasteiger charge is -2.35. The van der Waals surface area contributed by atoms with E-state index in [4.69, 9.17) is 10.5 Å². The summed E-state index contributed by atoms with van der Waals surface area (Å²) in [6.45, 7) is 5.16. The van der Waals surface area contributed by atoms with Gasteiger partial charge < -0.3 is 15.4 Å². The van der Waals surface area contributed by atoms with Gasteiger partial charge >= 0.3 is 0 Å². The Balaban J connectivity index is 2.24. The predicted octanol–water partition coefficient (Wildman–Crippen LogP) is 2.78. The highest BCUT2D eigenvalue weighted by atomic mass is 16.5. The third-order valence-corrected chi connectivity index (χ3v) is 3.95. The molecule has 3 nitrogen and oxygen atoms in total. The number of ether oxygens (including phenoxy) is 1. The quantitative estimate of drug-likeness (QED) is 0.890. The highest BCUT2D eigenvalue weighted by molar-refractivity contribution is 5.57. The van der Waals surface area contributed by atoms with Crippen molar-refractivity contribution in [3.8, 4) is 5.75 Å². The van der Waals surface area contributed by atoms with Crippen LogP contribution in [-0.2, 0) is 6.54 Å². The smallest absolute Gasteiger partial charge is 0.120 e. The lowest BCUT2D eigenvalue weighted by Crippen LogP contribution is -2.35. The van der Waals surface area contributed by atoms with Crippen LogP contribution >= 0.6 is 0 Å². The second kappa shape index (κ2) is 6.10. The topological polar surface area (TPSA) is 38.5 Å². The number of benzene rings is 1. The Hall–Kier alpha value is -1.22. The average molecular weight is 248 g/mol. The standard InChI is InChI=1S/C15H24N2O/c1-3-12-5-4-8-17(11-12)15-9-14(18-2)7-6-13(15)10-16/h6-7,9,12H,3-5,8,10-11,16H2,1-2H3. The summed E-state index contributed by atoms with van der Waals surface area (Å²) in [6, 6.07) is 6.21. The highest BCUT2D eigenvalue weighted by Crippen LogP contribution is 2.30. The van der Waals surface area contributed by atoms with Gasteiger partial charge in [0, 0.05) is 31.4 Å². The molecule has 1 saturated heterocycles. The fraction of sp³-hybridized carbons (Fsp3) is 0.600. The van der Waals surface area contributed by atoms with Crippen molar-refractivity contribution in [2.75, 3.05) is 25.1 Å². The Morgan fingerprint density at radius 1 is 1.44 bits per heavy atom. The Morgan fingerprint density at radius 3 is 2.94 bits per heavy atom. The van der Waals surface area contributed by atoms with E-state index in [1.54, 1.807) is 7.11 Å². The Morgan fingerprint density at radius 2 is 2.28 bits per heavy atom. The van der Waals surface area contributed by atoms with E-state index in [0.717, 1.165) is 24.8 Å². The van der Waals surface area contributed by atoms with Crippen molar-refractivity contribution in [3.63, 3.8) is 0 Å². The van der Waals surface area contributed by atoms with Gasteiger partial charge in [-0.25, -0.2) is 0 Å². The summed E-state index contributed by atoms with van der Waals surface area (Å²) in [5, 5.41) is 0.